The molecule has 2 aromatic heterocycles. The number of nitrogens with zero attached hydrogens (tertiary/aromatic N) is 4. The van der Waals surface area contributed by atoms with Gasteiger partial charge < -0.3 is 14.0 Å². The summed E-state index contributed by atoms with van der Waals surface area (Å²) in [7, 11) is 3.17. The molecule has 0 spiro atoms. The predicted octanol–water partition coefficient (Wildman–Crippen LogP) is 4.73. The first-order valence-electron chi connectivity index (χ1n) is 10.2. The summed E-state index contributed by atoms with van der Waals surface area (Å²) in [6, 6.07) is 12.8. The van der Waals surface area contributed by atoms with Crippen molar-refractivity contribution in [3.63, 3.8) is 0 Å². The van der Waals surface area contributed by atoms with E-state index in [1.807, 2.05) is 50.2 Å². The topological polar surface area (TPSA) is 92.3 Å². The lowest BCUT2D eigenvalue weighted by atomic mass is 10.2. The molecule has 4 rings (SSSR count). The lowest BCUT2D eigenvalue weighted by Gasteiger charge is -2.17. The molecular weight excluding hydrogens is 428 g/mol. The first-order chi connectivity index (χ1) is 15.5. The molecule has 0 aliphatic carbocycles. The summed E-state index contributed by atoms with van der Waals surface area (Å²) in [5.41, 5.74) is 1.34. The van der Waals surface area contributed by atoms with E-state index in [9.17, 15) is 4.79 Å². The van der Waals surface area contributed by atoms with Crippen LogP contribution in [0.25, 0.3) is 22.3 Å². The average Bonchev–Trinajstić information content (AvgIpc) is 3.30. The molecule has 2 aromatic carbocycles. The summed E-state index contributed by atoms with van der Waals surface area (Å²) in [6.45, 7) is 4.07. The Morgan fingerprint density at radius 1 is 1.12 bits per heavy atom. The predicted molar refractivity (Wildman–Crippen MR) is 123 cm³/mol. The number of para-hydroxylation sites is 1. The number of hydrogen-bond acceptors (Lipinski definition) is 8. The molecule has 9 heteroatoms. The smallest absolute Gasteiger partial charge is 0.262 e. The van der Waals surface area contributed by atoms with E-state index in [1.54, 1.807) is 24.9 Å². The second-order valence-corrected chi connectivity index (χ2v) is 8.15. The molecule has 0 saturated heterocycles. The highest BCUT2D eigenvalue weighted by atomic mass is 32.2. The first kappa shape index (κ1) is 21.9. The first-order valence-corrected chi connectivity index (χ1v) is 11.2. The van der Waals surface area contributed by atoms with Crippen LogP contribution in [0.15, 0.2) is 56.9 Å². The van der Waals surface area contributed by atoms with Crippen molar-refractivity contribution in [2.24, 2.45) is 0 Å². The summed E-state index contributed by atoms with van der Waals surface area (Å²) in [5.74, 6) is 2.50. The number of hydrogen-bond donors (Lipinski definition) is 0. The lowest BCUT2D eigenvalue weighted by Crippen LogP contribution is -2.26. The number of rotatable bonds is 8. The fourth-order valence-electron chi connectivity index (χ4n) is 3.33. The van der Waals surface area contributed by atoms with Crippen LogP contribution in [0, 0.1) is 0 Å². The minimum atomic E-state index is -0.0402. The second kappa shape index (κ2) is 9.44. The van der Waals surface area contributed by atoms with E-state index in [0.29, 0.717) is 50.6 Å². The number of methoxy groups -OCH3 is 2. The normalized spacial score (nSPS) is 12.1. The molecule has 0 radical (unpaired) electrons. The molecule has 166 valence electrons. The molecule has 0 aliphatic rings. The molecule has 4 aromatic rings. The Kier molecular flexibility index (Phi) is 6.45. The zero-order valence-electron chi connectivity index (χ0n) is 18.4. The molecule has 0 aliphatic heterocycles. The van der Waals surface area contributed by atoms with Crippen LogP contribution in [0.2, 0.25) is 0 Å². The molecule has 0 bridgehead atoms. The third kappa shape index (κ3) is 4.20. The van der Waals surface area contributed by atoms with Crippen molar-refractivity contribution >= 4 is 22.7 Å². The Morgan fingerprint density at radius 3 is 2.69 bits per heavy atom. The van der Waals surface area contributed by atoms with Crippen LogP contribution in [0.4, 0.5) is 0 Å². The lowest BCUT2D eigenvalue weighted by molar-refractivity contribution is 0.388. The van der Waals surface area contributed by atoms with Gasteiger partial charge >= 0.3 is 0 Å². The van der Waals surface area contributed by atoms with Crippen LogP contribution in [-0.2, 0) is 5.75 Å². The average molecular weight is 453 g/mol. The Hall–Kier alpha value is -3.33. The van der Waals surface area contributed by atoms with Gasteiger partial charge in [0, 0.05) is 12.1 Å². The molecular formula is C23H24N4O4S. The van der Waals surface area contributed by atoms with Crippen molar-refractivity contribution in [2.45, 2.75) is 37.2 Å². The largest absolute Gasteiger partial charge is 0.497 e. The van der Waals surface area contributed by atoms with Gasteiger partial charge in [0.15, 0.2) is 5.16 Å². The van der Waals surface area contributed by atoms with E-state index in [0.717, 1.165) is 6.42 Å². The van der Waals surface area contributed by atoms with Gasteiger partial charge in [-0.25, -0.2) is 4.98 Å². The molecule has 0 saturated carbocycles. The van der Waals surface area contributed by atoms with Crippen molar-refractivity contribution < 1.29 is 14.0 Å². The van der Waals surface area contributed by atoms with Crippen molar-refractivity contribution in [3.8, 4) is 22.9 Å². The molecule has 1 atom stereocenters. The molecule has 8 nitrogen and oxygen atoms in total. The summed E-state index contributed by atoms with van der Waals surface area (Å²) in [6.07, 6.45) is 0.815. The third-order valence-electron chi connectivity index (χ3n) is 5.25. The number of aromatic nitrogens is 4. The zero-order chi connectivity index (χ0) is 22.7. The van der Waals surface area contributed by atoms with E-state index >= 15 is 0 Å². The third-order valence-corrected chi connectivity index (χ3v) is 6.19. The minimum Gasteiger partial charge on any atom is -0.497 e. The van der Waals surface area contributed by atoms with Gasteiger partial charge in [0.25, 0.3) is 5.56 Å². The van der Waals surface area contributed by atoms with E-state index in [1.165, 1.54) is 11.8 Å². The van der Waals surface area contributed by atoms with Gasteiger partial charge in [-0.1, -0.05) is 36.0 Å². The van der Waals surface area contributed by atoms with Crippen LogP contribution in [0.3, 0.4) is 0 Å². The summed E-state index contributed by atoms with van der Waals surface area (Å²) in [4.78, 5) is 22.3. The van der Waals surface area contributed by atoms with Gasteiger partial charge in [-0.05, 0) is 37.6 Å². The fraction of sp³-hybridized carbons (Fsp3) is 0.304. The van der Waals surface area contributed by atoms with Crippen molar-refractivity contribution in [1.82, 2.24) is 19.7 Å². The van der Waals surface area contributed by atoms with Gasteiger partial charge in [-0.15, -0.1) is 0 Å². The maximum Gasteiger partial charge on any atom is 0.262 e. The molecule has 0 unspecified atom stereocenters. The summed E-state index contributed by atoms with van der Waals surface area (Å²) >= 11 is 1.40. The van der Waals surface area contributed by atoms with E-state index in [2.05, 4.69) is 10.1 Å². The Morgan fingerprint density at radius 2 is 1.94 bits per heavy atom. The van der Waals surface area contributed by atoms with E-state index in [4.69, 9.17) is 19.0 Å². The second-order valence-electron chi connectivity index (χ2n) is 7.21. The number of thioether (sulfide) groups is 1. The van der Waals surface area contributed by atoms with Crippen LogP contribution < -0.4 is 15.0 Å². The minimum absolute atomic E-state index is 0.0175. The highest BCUT2D eigenvalue weighted by molar-refractivity contribution is 7.98. The van der Waals surface area contributed by atoms with Gasteiger partial charge in [-0.2, -0.15) is 4.98 Å². The highest BCUT2D eigenvalue weighted by Gasteiger charge is 2.18. The van der Waals surface area contributed by atoms with E-state index in [-0.39, 0.29) is 11.6 Å². The quantitative estimate of drug-likeness (QED) is 0.280. The van der Waals surface area contributed by atoms with Gasteiger partial charge in [0.05, 0.1) is 36.4 Å². The number of ether oxygens (including phenoxy) is 2. The molecule has 0 N–H and O–H groups in total. The molecule has 0 fully saturated rings. The van der Waals surface area contributed by atoms with Gasteiger partial charge in [0.2, 0.25) is 11.7 Å². The standard InChI is InChI=1S/C23H24N4O4S/c1-5-14(2)27-22(28)16-8-6-7-9-18(16)24-23(27)32-13-20-25-21(26-31-20)17-11-10-15(29-3)12-19(17)30-4/h6-12,14H,5,13H2,1-4H3/t14-/m0/s1. The molecule has 0 amide bonds. The summed E-state index contributed by atoms with van der Waals surface area (Å²) in [5, 5.41) is 5.34. The van der Waals surface area contributed by atoms with Gasteiger partial charge in [-0.3, -0.25) is 9.36 Å². The monoisotopic (exact) mass is 452 g/mol. The Balaban J connectivity index is 1.63. The maximum absolute atomic E-state index is 13.1. The van der Waals surface area contributed by atoms with E-state index < -0.39 is 0 Å². The van der Waals surface area contributed by atoms with Crippen LogP contribution >= 0.6 is 11.8 Å². The summed E-state index contributed by atoms with van der Waals surface area (Å²) < 4.78 is 17.9. The molecule has 2 heterocycles. The maximum atomic E-state index is 13.1. The van der Waals surface area contributed by atoms with Gasteiger partial charge in [0.1, 0.15) is 11.5 Å². The highest BCUT2D eigenvalue weighted by Crippen LogP contribution is 2.32. The number of fused-ring (bicyclic) bond motifs is 1. The van der Waals surface area contributed by atoms with Crippen molar-refractivity contribution in [2.75, 3.05) is 14.2 Å². The Labute approximate surface area is 189 Å². The SMILES string of the molecule is CC[C@H](C)n1c(SCc2nc(-c3ccc(OC)cc3OC)no2)nc2ccccc2c1=O. The van der Waals surface area contributed by atoms with Crippen LogP contribution in [-0.4, -0.2) is 33.9 Å². The zero-order valence-corrected chi connectivity index (χ0v) is 19.2. The molecule has 32 heavy (non-hydrogen) atoms. The van der Waals surface area contributed by atoms with Crippen molar-refractivity contribution in [1.29, 1.82) is 0 Å². The van der Waals surface area contributed by atoms with Crippen LogP contribution in [0.1, 0.15) is 32.2 Å². The fourth-order valence-corrected chi connectivity index (χ4v) is 4.27. The van der Waals surface area contributed by atoms with Crippen molar-refractivity contribution in [3.05, 3.63) is 58.7 Å². The van der Waals surface area contributed by atoms with Crippen LogP contribution in [0.5, 0.6) is 11.5 Å². The Bertz CT molecular complexity index is 1300. The number of benzene rings is 2.